The minimum absolute atomic E-state index is 0.0793. The Bertz CT molecular complexity index is 290. The summed E-state index contributed by atoms with van der Waals surface area (Å²) in [6.45, 7) is 4.01. The van der Waals surface area contributed by atoms with E-state index >= 15 is 0 Å². The van der Waals surface area contributed by atoms with Gasteiger partial charge in [0.1, 0.15) is 5.82 Å². The molecule has 1 aromatic carbocycles. The summed E-state index contributed by atoms with van der Waals surface area (Å²) in [6, 6.07) is 4.69. The Labute approximate surface area is 94.0 Å². The first kappa shape index (κ1) is 11.8. The molecule has 0 radical (unpaired) electrons. The molecule has 0 N–H and O–H groups in total. The SMILES string of the molecule is CC(C)C(Cl)Cc1c(F)cccc1Cl. The van der Waals surface area contributed by atoms with Crippen LogP contribution in [0.2, 0.25) is 5.02 Å². The monoisotopic (exact) mass is 234 g/mol. The summed E-state index contributed by atoms with van der Waals surface area (Å²) in [5, 5.41) is 0.376. The second-order valence-electron chi connectivity index (χ2n) is 3.66. The average Bonchev–Trinajstić information content (AvgIpc) is 2.11. The summed E-state index contributed by atoms with van der Waals surface area (Å²) < 4.78 is 13.3. The summed E-state index contributed by atoms with van der Waals surface area (Å²) in [6.07, 6.45) is 0.477. The Morgan fingerprint density at radius 3 is 2.50 bits per heavy atom. The third kappa shape index (κ3) is 2.86. The van der Waals surface area contributed by atoms with Gasteiger partial charge in [0.25, 0.3) is 0 Å². The Balaban J connectivity index is 2.85. The summed E-state index contributed by atoms with van der Waals surface area (Å²) in [5.74, 6) is 0.0381. The quantitative estimate of drug-likeness (QED) is 0.685. The van der Waals surface area contributed by atoms with Gasteiger partial charge in [-0.05, 0) is 24.5 Å². The fourth-order valence-corrected chi connectivity index (χ4v) is 1.55. The van der Waals surface area contributed by atoms with Crippen LogP contribution >= 0.6 is 23.2 Å². The molecule has 0 saturated carbocycles. The molecule has 0 heterocycles. The molecule has 0 aliphatic carbocycles. The maximum absolute atomic E-state index is 13.3. The minimum Gasteiger partial charge on any atom is -0.207 e. The number of benzene rings is 1. The van der Waals surface area contributed by atoms with Crippen LogP contribution < -0.4 is 0 Å². The predicted octanol–water partition coefficient (Wildman–Crippen LogP) is 4.29. The maximum atomic E-state index is 13.3. The molecular formula is C11H13Cl2F. The fraction of sp³-hybridized carbons (Fsp3) is 0.455. The maximum Gasteiger partial charge on any atom is 0.127 e. The highest BCUT2D eigenvalue weighted by Gasteiger charge is 2.15. The predicted molar refractivity (Wildman–Crippen MR) is 59.6 cm³/mol. The normalized spacial score (nSPS) is 13.3. The Morgan fingerprint density at radius 1 is 1.36 bits per heavy atom. The molecule has 0 nitrogen and oxygen atoms in total. The van der Waals surface area contributed by atoms with Crippen molar-refractivity contribution in [1.82, 2.24) is 0 Å². The Kier molecular flexibility index (Phi) is 4.21. The molecule has 0 saturated heterocycles. The molecule has 0 bridgehead atoms. The smallest absolute Gasteiger partial charge is 0.127 e. The van der Waals surface area contributed by atoms with Crippen molar-refractivity contribution in [2.45, 2.75) is 25.6 Å². The Hall–Kier alpha value is -0.270. The van der Waals surface area contributed by atoms with Crippen LogP contribution in [-0.4, -0.2) is 5.38 Å². The molecule has 0 amide bonds. The van der Waals surface area contributed by atoms with Crippen LogP contribution in [0.1, 0.15) is 19.4 Å². The molecule has 1 atom stereocenters. The third-order valence-electron chi connectivity index (χ3n) is 2.18. The first-order valence-electron chi connectivity index (χ1n) is 4.59. The van der Waals surface area contributed by atoms with Gasteiger partial charge in [0, 0.05) is 16.0 Å². The van der Waals surface area contributed by atoms with Crippen molar-refractivity contribution in [1.29, 1.82) is 0 Å². The second-order valence-corrected chi connectivity index (χ2v) is 4.63. The minimum atomic E-state index is -0.274. The Morgan fingerprint density at radius 2 is 2.00 bits per heavy atom. The van der Waals surface area contributed by atoms with E-state index in [2.05, 4.69) is 0 Å². The first-order chi connectivity index (χ1) is 6.52. The van der Waals surface area contributed by atoms with Crippen molar-refractivity contribution in [2.24, 2.45) is 5.92 Å². The lowest BCUT2D eigenvalue weighted by molar-refractivity contribution is 0.565. The van der Waals surface area contributed by atoms with E-state index in [4.69, 9.17) is 23.2 Å². The van der Waals surface area contributed by atoms with Crippen molar-refractivity contribution in [3.63, 3.8) is 0 Å². The highest BCUT2D eigenvalue weighted by molar-refractivity contribution is 6.31. The molecule has 1 unspecified atom stereocenters. The molecule has 0 aromatic heterocycles. The fourth-order valence-electron chi connectivity index (χ4n) is 1.16. The summed E-state index contributed by atoms with van der Waals surface area (Å²) >= 11 is 11.9. The molecule has 0 spiro atoms. The van der Waals surface area contributed by atoms with Gasteiger partial charge in [-0.15, -0.1) is 11.6 Å². The van der Waals surface area contributed by atoms with Crippen LogP contribution in [0.15, 0.2) is 18.2 Å². The summed E-state index contributed by atoms with van der Waals surface area (Å²) in [4.78, 5) is 0. The van der Waals surface area contributed by atoms with Crippen LogP contribution in [-0.2, 0) is 6.42 Å². The molecule has 1 aromatic rings. The van der Waals surface area contributed by atoms with Gasteiger partial charge in [-0.3, -0.25) is 0 Å². The van der Waals surface area contributed by atoms with Crippen LogP contribution in [0.25, 0.3) is 0 Å². The number of hydrogen-bond donors (Lipinski definition) is 0. The van der Waals surface area contributed by atoms with E-state index in [0.29, 0.717) is 22.9 Å². The highest BCUT2D eigenvalue weighted by atomic mass is 35.5. The van der Waals surface area contributed by atoms with Crippen molar-refractivity contribution >= 4 is 23.2 Å². The molecular weight excluding hydrogens is 222 g/mol. The van der Waals surface area contributed by atoms with Gasteiger partial charge in [-0.2, -0.15) is 0 Å². The third-order valence-corrected chi connectivity index (χ3v) is 3.20. The zero-order valence-corrected chi connectivity index (χ0v) is 9.74. The molecule has 3 heteroatoms. The molecule has 0 fully saturated rings. The van der Waals surface area contributed by atoms with Crippen molar-refractivity contribution < 1.29 is 4.39 Å². The second kappa shape index (κ2) is 4.99. The standard InChI is InChI=1S/C11H13Cl2F/c1-7(2)10(13)6-8-9(12)4-3-5-11(8)14/h3-5,7,10H,6H2,1-2H3. The van der Waals surface area contributed by atoms with Gasteiger partial charge in [-0.1, -0.05) is 31.5 Å². The number of halogens is 3. The summed E-state index contributed by atoms with van der Waals surface area (Å²) in [7, 11) is 0. The van der Waals surface area contributed by atoms with Crippen LogP contribution in [0.3, 0.4) is 0 Å². The van der Waals surface area contributed by atoms with Gasteiger partial charge in [0.15, 0.2) is 0 Å². The van der Waals surface area contributed by atoms with Gasteiger partial charge in [0.2, 0.25) is 0 Å². The van der Waals surface area contributed by atoms with Crippen molar-refractivity contribution in [3.05, 3.63) is 34.6 Å². The zero-order chi connectivity index (χ0) is 10.7. The average molecular weight is 235 g/mol. The van der Waals surface area contributed by atoms with E-state index in [1.54, 1.807) is 12.1 Å². The lowest BCUT2D eigenvalue weighted by Crippen LogP contribution is -2.12. The zero-order valence-electron chi connectivity index (χ0n) is 8.23. The van der Waals surface area contributed by atoms with Gasteiger partial charge in [0.05, 0.1) is 0 Å². The van der Waals surface area contributed by atoms with Crippen LogP contribution in [0.4, 0.5) is 4.39 Å². The molecule has 0 aliphatic rings. The van der Waals surface area contributed by atoms with Crippen molar-refractivity contribution in [2.75, 3.05) is 0 Å². The molecule has 0 aliphatic heterocycles. The van der Waals surface area contributed by atoms with E-state index in [-0.39, 0.29) is 11.2 Å². The van der Waals surface area contributed by atoms with Gasteiger partial charge >= 0.3 is 0 Å². The lowest BCUT2D eigenvalue weighted by Gasteiger charge is -2.14. The van der Waals surface area contributed by atoms with E-state index < -0.39 is 0 Å². The highest BCUT2D eigenvalue weighted by Crippen LogP contribution is 2.24. The van der Waals surface area contributed by atoms with E-state index in [1.807, 2.05) is 13.8 Å². The number of rotatable bonds is 3. The molecule has 14 heavy (non-hydrogen) atoms. The van der Waals surface area contributed by atoms with E-state index in [0.717, 1.165) is 0 Å². The molecule has 78 valence electrons. The largest absolute Gasteiger partial charge is 0.207 e. The van der Waals surface area contributed by atoms with Gasteiger partial charge < -0.3 is 0 Å². The lowest BCUT2D eigenvalue weighted by atomic mass is 10.0. The number of hydrogen-bond acceptors (Lipinski definition) is 0. The van der Waals surface area contributed by atoms with Crippen molar-refractivity contribution in [3.8, 4) is 0 Å². The summed E-state index contributed by atoms with van der Waals surface area (Å²) in [5.41, 5.74) is 0.517. The van der Waals surface area contributed by atoms with E-state index in [9.17, 15) is 4.39 Å². The van der Waals surface area contributed by atoms with E-state index in [1.165, 1.54) is 6.07 Å². The first-order valence-corrected chi connectivity index (χ1v) is 5.40. The van der Waals surface area contributed by atoms with Crippen LogP contribution in [0, 0.1) is 11.7 Å². The van der Waals surface area contributed by atoms with Gasteiger partial charge in [-0.25, -0.2) is 4.39 Å². The number of alkyl halides is 1. The van der Waals surface area contributed by atoms with Crippen LogP contribution in [0.5, 0.6) is 0 Å². The topological polar surface area (TPSA) is 0 Å². The molecule has 1 rings (SSSR count).